The fourth-order valence-electron chi connectivity index (χ4n) is 2.56. The molecule has 0 aliphatic carbocycles. The van der Waals surface area contributed by atoms with Gasteiger partial charge in [0.2, 0.25) is 0 Å². The Labute approximate surface area is 158 Å². The number of anilines is 2. The maximum atomic E-state index is 12.7. The fourth-order valence-corrected chi connectivity index (χ4v) is 3.63. The van der Waals surface area contributed by atoms with Crippen molar-refractivity contribution in [2.24, 2.45) is 0 Å². The van der Waals surface area contributed by atoms with Gasteiger partial charge in [-0.15, -0.1) is 0 Å². The lowest BCUT2D eigenvalue weighted by Crippen LogP contribution is -2.17. The first kappa shape index (κ1) is 18.6. The smallest absolute Gasteiger partial charge is 0.261 e. The molecule has 3 rings (SSSR count). The lowest BCUT2D eigenvalue weighted by molar-refractivity contribution is 0.102. The molecule has 138 valence electrons. The Balaban J connectivity index is 1.89. The van der Waals surface area contributed by atoms with Crippen LogP contribution in [-0.2, 0) is 10.0 Å². The summed E-state index contributed by atoms with van der Waals surface area (Å²) in [7, 11) is -3.82. The molecule has 1 amide bonds. The second kappa shape index (κ2) is 7.59. The Hall–Kier alpha value is -3.19. The van der Waals surface area contributed by atoms with E-state index in [1.54, 1.807) is 55.6 Å². The van der Waals surface area contributed by atoms with Crippen LogP contribution in [0, 0.1) is 13.8 Å². The largest absolute Gasteiger partial charge is 0.307 e. The van der Waals surface area contributed by atoms with Crippen molar-refractivity contribution in [3.8, 4) is 0 Å². The van der Waals surface area contributed by atoms with E-state index in [4.69, 9.17) is 0 Å². The van der Waals surface area contributed by atoms with Crippen molar-refractivity contribution in [2.75, 3.05) is 10.0 Å². The summed E-state index contributed by atoms with van der Waals surface area (Å²) in [5.41, 5.74) is 2.34. The summed E-state index contributed by atoms with van der Waals surface area (Å²) in [6.45, 7) is 3.63. The van der Waals surface area contributed by atoms with Gasteiger partial charge in [0.05, 0.1) is 4.90 Å². The normalized spacial score (nSPS) is 11.0. The molecule has 0 radical (unpaired) electrons. The maximum absolute atomic E-state index is 12.7. The minimum atomic E-state index is -3.82. The van der Waals surface area contributed by atoms with E-state index in [1.165, 1.54) is 12.1 Å². The number of carbonyl (C=O) groups is 1. The second-order valence-electron chi connectivity index (χ2n) is 6.12. The van der Waals surface area contributed by atoms with E-state index in [0.717, 1.165) is 5.56 Å². The molecule has 0 fully saturated rings. The number of carbonyl (C=O) groups excluding carboxylic acids is 1. The van der Waals surface area contributed by atoms with Gasteiger partial charge >= 0.3 is 0 Å². The van der Waals surface area contributed by atoms with Crippen LogP contribution < -0.4 is 10.0 Å². The third kappa shape index (κ3) is 4.51. The molecule has 2 N–H and O–H groups in total. The number of nitrogens with one attached hydrogen (secondary N) is 2. The molecule has 3 aromatic rings. The van der Waals surface area contributed by atoms with Gasteiger partial charge < -0.3 is 5.32 Å². The Morgan fingerprint density at radius 3 is 2.48 bits per heavy atom. The molecule has 0 saturated heterocycles. The van der Waals surface area contributed by atoms with Crippen LogP contribution in [0.15, 0.2) is 71.8 Å². The fraction of sp³-hybridized carbons (Fsp3) is 0.100. The van der Waals surface area contributed by atoms with Crippen molar-refractivity contribution < 1.29 is 13.2 Å². The van der Waals surface area contributed by atoms with Gasteiger partial charge in [-0.05, 0) is 61.4 Å². The topological polar surface area (TPSA) is 88.2 Å². The highest BCUT2D eigenvalue weighted by atomic mass is 32.2. The van der Waals surface area contributed by atoms with Gasteiger partial charge in [0.1, 0.15) is 5.82 Å². The van der Waals surface area contributed by atoms with Crippen LogP contribution in [0.2, 0.25) is 0 Å². The molecular formula is C20H19N3O3S. The van der Waals surface area contributed by atoms with Gasteiger partial charge in [-0.3, -0.25) is 9.52 Å². The third-order valence-electron chi connectivity index (χ3n) is 3.94. The van der Waals surface area contributed by atoms with Crippen molar-refractivity contribution in [3.05, 3.63) is 83.6 Å². The van der Waals surface area contributed by atoms with Crippen LogP contribution in [0.1, 0.15) is 21.5 Å². The molecule has 0 aliphatic heterocycles. The van der Waals surface area contributed by atoms with Crippen LogP contribution in [0.4, 0.5) is 11.5 Å². The first-order valence-electron chi connectivity index (χ1n) is 8.28. The number of nitrogens with zero attached hydrogens (tertiary/aromatic N) is 1. The van der Waals surface area contributed by atoms with Crippen molar-refractivity contribution in [1.29, 1.82) is 0 Å². The van der Waals surface area contributed by atoms with Gasteiger partial charge in [0.25, 0.3) is 15.9 Å². The van der Waals surface area contributed by atoms with Gasteiger partial charge in [0.15, 0.2) is 0 Å². The molecular weight excluding hydrogens is 362 g/mol. The lowest BCUT2D eigenvalue weighted by Gasteiger charge is -2.12. The Morgan fingerprint density at radius 1 is 0.963 bits per heavy atom. The molecule has 1 heterocycles. The number of pyridine rings is 1. The Morgan fingerprint density at radius 2 is 1.78 bits per heavy atom. The Kier molecular flexibility index (Phi) is 5.23. The molecule has 0 bridgehead atoms. The van der Waals surface area contributed by atoms with E-state index in [1.807, 2.05) is 13.0 Å². The van der Waals surface area contributed by atoms with Crippen molar-refractivity contribution in [1.82, 2.24) is 4.98 Å². The molecule has 6 nitrogen and oxygen atoms in total. The van der Waals surface area contributed by atoms with E-state index in [0.29, 0.717) is 17.1 Å². The standard InChI is InChI=1S/C20H19N3O3S/c1-14-6-5-7-16(12-14)23-27(25,26)17-10-9-15(2)18(13-17)20(24)22-19-8-3-4-11-21-19/h3-13,23H,1-2H3,(H,21,22,24). The SMILES string of the molecule is Cc1cccc(NS(=O)(=O)c2ccc(C)c(C(=O)Nc3ccccn3)c2)c1. The van der Waals surface area contributed by atoms with E-state index in [2.05, 4.69) is 15.0 Å². The van der Waals surface area contributed by atoms with E-state index >= 15 is 0 Å². The highest BCUT2D eigenvalue weighted by Gasteiger charge is 2.18. The number of amides is 1. The minimum Gasteiger partial charge on any atom is -0.307 e. The lowest BCUT2D eigenvalue weighted by atomic mass is 10.1. The summed E-state index contributed by atoms with van der Waals surface area (Å²) >= 11 is 0. The second-order valence-corrected chi connectivity index (χ2v) is 7.80. The summed E-state index contributed by atoms with van der Waals surface area (Å²) < 4.78 is 27.9. The quantitative estimate of drug-likeness (QED) is 0.704. The zero-order valence-electron chi connectivity index (χ0n) is 14.9. The Bertz CT molecular complexity index is 1080. The van der Waals surface area contributed by atoms with Gasteiger partial charge in [-0.25, -0.2) is 13.4 Å². The number of hydrogen-bond acceptors (Lipinski definition) is 4. The third-order valence-corrected chi connectivity index (χ3v) is 5.32. The van der Waals surface area contributed by atoms with Crippen LogP contribution in [0.5, 0.6) is 0 Å². The molecule has 1 aromatic heterocycles. The van der Waals surface area contributed by atoms with Crippen molar-refractivity contribution >= 4 is 27.4 Å². The monoisotopic (exact) mass is 381 g/mol. The average Bonchev–Trinajstić information content (AvgIpc) is 2.62. The van der Waals surface area contributed by atoms with Gasteiger partial charge in [0, 0.05) is 17.4 Å². The summed E-state index contributed by atoms with van der Waals surface area (Å²) in [6, 6.07) is 16.7. The first-order chi connectivity index (χ1) is 12.8. The predicted molar refractivity (Wildman–Crippen MR) is 105 cm³/mol. The molecule has 27 heavy (non-hydrogen) atoms. The van der Waals surface area contributed by atoms with Crippen LogP contribution in [-0.4, -0.2) is 19.3 Å². The molecule has 0 saturated carbocycles. The molecule has 2 aromatic carbocycles. The number of sulfonamides is 1. The minimum absolute atomic E-state index is 0.0146. The predicted octanol–water partition coefficient (Wildman–Crippen LogP) is 3.75. The average molecular weight is 381 g/mol. The molecule has 7 heteroatoms. The van der Waals surface area contributed by atoms with Crippen molar-refractivity contribution in [2.45, 2.75) is 18.7 Å². The number of benzene rings is 2. The number of aromatic nitrogens is 1. The summed E-state index contributed by atoms with van der Waals surface area (Å²) in [5.74, 6) is -0.0214. The van der Waals surface area contributed by atoms with Crippen molar-refractivity contribution in [3.63, 3.8) is 0 Å². The van der Waals surface area contributed by atoms with E-state index in [-0.39, 0.29) is 10.5 Å². The van der Waals surface area contributed by atoms with E-state index in [9.17, 15) is 13.2 Å². The highest BCUT2D eigenvalue weighted by molar-refractivity contribution is 7.92. The van der Waals surface area contributed by atoms with Gasteiger partial charge in [-0.2, -0.15) is 0 Å². The van der Waals surface area contributed by atoms with Crippen LogP contribution >= 0.6 is 0 Å². The first-order valence-corrected chi connectivity index (χ1v) is 9.76. The molecule has 0 unspecified atom stereocenters. The zero-order valence-corrected chi connectivity index (χ0v) is 15.7. The summed E-state index contributed by atoms with van der Waals surface area (Å²) in [5, 5.41) is 2.67. The van der Waals surface area contributed by atoms with Gasteiger partial charge in [-0.1, -0.05) is 24.3 Å². The van der Waals surface area contributed by atoms with Crippen LogP contribution in [0.3, 0.4) is 0 Å². The number of aryl methyl sites for hydroxylation is 2. The number of rotatable bonds is 5. The highest BCUT2D eigenvalue weighted by Crippen LogP contribution is 2.20. The molecule has 0 atom stereocenters. The molecule has 0 spiro atoms. The van der Waals surface area contributed by atoms with E-state index < -0.39 is 15.9 Å². The summed E-state index contributed by atoms with van der Waals surface area (Å²) in [6.07, 6.45) is 1.56. The number of hydrogen-bond donors (Lipinski definition) is 2. The zero-order chi connectivity index (χ0) is 19.4. The summed E-state index contributed by atoms with van der Waals surface area (Å²) in [4.78, 5) is 16.6. The molecule has 0 aliphatic rings. The van der Waals surface area contributed by atoms with Crippen LogP contribution in [0.25, 0.3) is 0 Å². The maximum Gasteiger partial charge on any atom is 0.261 e.